The molecule has 0 aliphatic carbocycles. The molecule has 6 heteroatoms. The van der Waals surface area contributed by atoms with Gasteiger partial charge in [-0.25, -0.2) is 0 Å². The van der Waals surface area contributed by atoms with Crippen molar-refractivity contribution in [2.45, 2.75) is 31.1 Å². The summed E-state index contributed by atoms with van der Waals surface area (Å²) in [7, 11) is -2.45. The van der Waals surface area contributed by atoms with Gasteiger partial charge in [0, 0.05) is 5.56 Å². The summed E-state index contributed by atoms with van der Waals surface area (Å²) in [6, 6.07) is 10.3. The summed E-state index contributed by atoms with van der Waals surface area (Å²) in [5.41, 5.74) is 0.271. The first-order valence-corrected chi connectivity index (χ1v) is 8.46. The van der Waals surface area contributed by atoms with Crippen LogP contribution in [0.4, 0.5) is 0 Å². The van der Waals surface area contributed by atoms with E-state index in [1.54, 1.807) is 12.1 Å². The van der Waals surface area contributed by atoms with Gasteiger partial charge in [0.05, 0.1) is 7.11 Å². The molecule has 0 amide bonds. The monoisotopic (exact) mass is 336 g/mol. The molecule has 0 aromatic heterocycles. The quantitative estimate of drug-likeness (QED) is 0.866. The molecular formula is C17H20O5S. The van der Waals surface area contributed by atoms with Gasteiger partial charge in [0.15, 0.2) is 0 Å². The Hall–Kier alpha value is -2.21. The molecule has 1 N–H and O–H groups in total. The Bertz CT molecular complexity index is 787. The fourth-order valence-electron chi connectivity index (χ4n) is 2.08. The summed E-state index contributed by atoms with van der Waals surface area (Å²) in [5, 5.41) is 9.92. The maximum absolute atomic E-state index is 12.3. The van der Waals surface area contributed by atoms with E-state index in [0.717, 1.165) is 0 Å². The van der Waals surface area contributed by atoms with Crippen molar-refractivity contribution in [1.82, 2.24) is 0 Å². The van der Waals surface area contributed by atoms with E-state index >= 15 is 0 Å². The number of ether oxygens (including phenoxy) is 1. The highest BCUT2D eigenvalue weighted by atomic mass is 32.2. The molecule has 0 spiro atoms. The fraction of sp³-hybridized carbons (Fsp3) is 0.294. The van der Waals surface area contributed by atoms with E-state index in [-0.39, 0.29) is 21.8 Å². The van der Waals surface area contributed by atoms with Gasteiger partial charge in [-0.05, 0) is 47.9 Å². The molecule has 2 aromatic rings. The number of methoxy groups -OCH3 is 1. The van der Waals surface area contributed by atoms with Crippen LogP contribution < -0.4 is 8.92 Å². The molecular weight excluding hydrogens is 316 g/mol. The van der Waals surface area contributed by atoms with Crippen LogP contribution in [0.25, 0.3) is 0 Å². The lowest BCUT2D eigenvalue weighted by molar-refractivity contribution is 0.414. The van der Waals surface area contributed by atoms with Gasteiger partial charge in [0.25, 0.3) is 0 Å². The van der Waals surface area contributed by atoms with Crippen molar-refractivity contribution in [2.75, 3.05) is 7.11 Å². The lowest BCUT2D eigenvalue weighted by Gasteiger charge is -2.21. The van der Waals surface area contributed by atoms with Crippen molar-refractivity contribution >= 4 is 10.1 Å². The van der Waals surface area contributed by atoms with Crippen LogP contribution in [0.3, 0.4) is 0 Å². The van der Waals surface area contributed by atoms with Gasteiger partial charge in [-0.2, -0.15) is 8.42 Å². The van der Waals surface area contributed by atoms with Gasteiger partial charge in [-0.3, -0.25) is 0 Å². The zero-order valence-corrected chi connectivity index (χ0v) is 14.3. The Morgan fingerprint density at radius 1 is 0.957 bits per heavy atom. The maximum atomic E-state index is 12.3. The van der Waals surface area contributed by atoms with Crippen molar-refractivity contribution in [2.24, 2.45) is 0 Å². The number of phenols is 1. The third-order valence-corrected chi connectivity index (χ3v) is 4.59. The summed E-state index contributed by atoms with van der Waals surface area (Å²) in [6.45, 7) is 5.76. The Labute approximate surface area is 136 Å². The van der Waals surface area contributed by atoms with E-state index in [1.165, 1.54) is 37.4 Å². The Morgan fingerprint density at radius 2 is 1.52 bits per heavy atom. The SMILES string of the molecule is COc1ccc(S(=O)(=O)Oc2ccc(O)c(C(C)(C)C)c2)cc1. The van der Waals surface area contributed by atoms with Gasteiger partial charge in [0.2, 0.25) is 0 Å². The van der Waals surface area contributed by atoms with Crippen LogP contribution >= 0.6 is 0 Å². The van der Waals surface area contributed by atoms with E-state index in [0.29, 0.717) is 11.3 Å². The first-order valence-electron chi connectivity index (χ1n) is 7.05. The van der Waals surface area contributed by atoms with Gasteiger partial charge in [-0.1, -0.05) is 20.8 Å². The Morgan fingerprint density at radius 3 is 2.04 bits per heavy atom. The first kappa shape index (κ1) is 17.1. The predicted molar refractivity (Wildman–Crippen MR) is 87.6 cm³/mol. The van der Waals surface area contributed by atoms with E-state index < -0.39 is 10.1 Å². The Kier molecular flexibility index (Phi) is 4.56. The molecule has 0 fully saturated rings. The minimum Gasteiger partial charge on any atom is -0.508 e. The average molecular weight is 336 g/mol. The molecule has 2 rings (SSSR count). The van der Waals surface area contributed by atoms with Crippen molar-refractivity contribution in [3.05, 3.63) is 48.0 Å². The molecule has 0 saturated carbocycles. The van der Waals surface area contributed by atoms with Crippen LogP contribution in [0.15, 0.2) is 47.4 Å². The maximum Gasteiger partial charge on any atom is 0.339 e. The molecule has 0 radical (unpaired) electrons. The van der Waals surface area contributed by atoms with Crippen LogP contribution in [-0.4, -0.2) is 20.6 Å². The second kappa shape index (κ2) is 6.12. The highest BCUT2D eigenvalue weighted by molar-refractivity contribution is 7.87. The molecule has 0 bridgehead atoms. The van der Waals surface area contributed by atoms with E-state index in [9.17, 15) is 13.5 Å². The van der Waals surface area contributed by atoms with Crippen molar-refractivity contribution in [1.29, 1.82) is 0 Å². The van der Waals surface area contributed by atoms with Crippen LogP contribution in [0.5, 0.6) is 17.2 Å². The van der Waals surface area contributed by atoms with Gasteiger partial charge < -0.3 is 14.0 Å². The lowest BCUT2D eigenvalue weighted by atomic mass is 9.86. The van der Waals surface area contributed by atoms with E-state index in [2.05, 4.69) is 0 Å². The van der Waals surface area contributed by atoms with Crippen molar-refractivity contribution < 1.29 is 22.4 Å². The van der Waals surface area contributed by atoms with Crippen LogP contribution in [0.2, 0.25) is 0 Å². The normalized spacial score (nSPS) is 12.0. The van der Waals surface area contributed by atoms with E-state index in [4.69, 9.17) is 8.92 Å². The van der Waals surface area contributed by atoms with Gasteiger partial charge in [-0.15, -0.1) is 0 Å². The molecule has 0 heterocycles. The topological polar surface area (TPSA) is 72.8 Å². The van der Waals surface area contributed by atoms with Crippen LogP contribution in [0, 0.1) is 0 Å². The smallest absolute Gasteiger partial charge is 0.339 e. The summed E-state index contributed by atoms with van der Waals surface area (Å²) in [4.78, 5) is 0.0312. The summed E-state index contributed by atoms with van der Waals surface area (Å²) < 4.78 is 34.8. The predicted octanol–water partition coefficient (Wildman–Crippen LogP) is 3.47. The second-order valence-electron chi connectivity index (χ2n) is 6.14. The second-order valence-corrected chi connectivity index (χ2v) is 7.69. The third kappa shape index (κ3) is 3.96. The first-order chi connectivity index (χ1) is 10.6. The minimum absolute atomic E-state index is 0.0312. The van der Waals surface area contributed by atoms with E-state index in [1.807, 2.05) is 20.8 Å². The van der Waals surface area contributed by atoms with Crippen molar-refractivity contribution in [3.63, 3.8) is 0 Å². The van der Waals surface area contributed by atoms with Gasteiger partial charge in [0.1, 0.15) is 22.1 Å². The average Bonchev–Trinajstić information content (AvgIpc) is 2.48. The zero-order valence-electron chi connectivity index (χ0n) is 13.5. The molecule has 5 nitrogen and oxygen atoms in total. The fourth-order valence-corrected chi connectivity index (χ4v) is 3.01. The molecule has 0 saturated heterocycles. The van der Waals surface area contributed by atoms with Gasteiger partial charge >= 0.3 is 10.1 Å². The van der Waals surface area contributed by atoms with Crippen LogP contribution in [0.1, 0.15) is 26.3 Å². The number of benzene rings is 2. The number of phenolic OH excluding ortho intramolecular Hbond substituents is 1. The molecule has 124 valence electrons. The largest absolute Gasteiger partial charge is 0.508 e. The summed E-state index contributed by atoms with van der Waals surface area (Å²) in [6.07, 6.45) is 0. The number of aromatic hydroxyl groups is 1. The number of hydrogen-bond acceptors (Lipinski definition) is 5. The molecule has 2 aromatic carbocycles. The highest BCUT2D eigenvalue weighted by Gasteiger charge is 2.21. The standard InChI is InChI=1S/C17H20O5S/c1-17(2,3)15-11-13(7-10-16(15)18)22-23(19,20)14-8-5-12(21-4)6-9-14/h5-11,18H,1-4H3. The minimum atomic E-state index is -3.95. The highest BCUT2D eigenvalue weighted by Crippen LogP contribution is 2.34. The molecule has 0 aliphatic rings. The number of hydrogen-bond donors (Lipinski definition) is 1. The number of rotatable bonds is 4. The molecule has 0 unspecified atom stereocenters. The summed E-state index contributed by atoms with van der Waals surface area (Å²) in [5.74, 6) is 0.818. The third-order valence-electron chi connectivity index (χ3n) is 3.33. The van der Waals surface area contributed by atoms with Crippen LogP contribution in [-0.2, 0) is 15.5 Å². The summed E-state index contributed by atoms with van der Waals surface area (Å²) >= 11 is 0. The lowest BCUT2D eigenvalue weighted by Crippen LogP contribution is -2.13. The molecule has 0 aliphatic heterocycles. The molecule has 23 heavy (non-hydrogen) atoms. The Balaban J connectivity index is 2.33. The van der Waals surface area contributed by atoms with Crippen molar-refractivity contribution in [3.8, 4) is 17.2 Å². The molecule has 0 atom stereocenters. The zero-order chi connectivity index (χ0) is 17.3.